The number of esters is 1. The number of nitrogens with one attached hydrogen (secondary N) is 7. The minimum atomic E-state index is -1.54. The predicted molar refractivity (Wildman–Crippen MR) is 307 cm³/mol. The van der Waals surface area contributed by atoms with Crippen LogP contribution in [0.4, 0.5) is 10.5 Å². The summed E-state index contributed by atoms with van der Waals surface area (Å²) in [4.78, 5) is 101. The number of carboxylic acid groups (broad SMARTS) is 3. The molecule has 2 heterocycles. The van der Waals surface area contributed by atoms with E-state index in [2.05, 4.69) is 37.2 Å². The van der Waals surface area contributed by atoms with E-state index in [9.17, 15) is 58.8 Å². The molecule has 5 amide bonds. The van der Waals surface area contributed by atoms with Gasteiger partial charge in [0, 0.05) is 79.3 Å². The quantitative estimate of drug-likeness (QED) is 0.0156. The molecular weight excluding hydrogens is 1090 g/mol. The number of anilines is 1. The van der Waals surface area contributed by atoms with Crippen molar-refractivity contribution >= 4 is 81.4 Å². The molecule has 3 aliphatic rings. The highest BCUT2D eigenvalue weighted by Crippen LogP contribution is 2.57. The molecular formula is C60H67N7O15S. The zero-order chi connectivity index (χ0) is 59.2. The van der Waals surface area contributed by atoms with Crippen molar-refractivity contribution in [3.8, 4) is 23.0 Å². The molecule has 0 aromatic heterocycles. The van der Waals surface area contributed by atoms with Gasteiger partial charge in [-0.15, -0.1) is 0 Å². The second kappa shape index (κ2) is 27.7. The maximum Gasteiger partial charge on any atom is 0.340 e. The van der Waals surface area contributed by atoms with Gasteiger partial charge in [-0.2, -0.15) is 0 Å². The number of aromatic hydroxyl groups is 2. The van der Waals surface area contributed by atoms with Gasteiger partial charge in [-0.05, 0) is 135 Å². The monoisotopic (exact) mass is 1160 g/mol. The SMILES string of the molecule is O=C(O)CC[C@H](NC(=O)N[C@@H](CCCCNC(=O)[C@H](Cc1ccc2ccccc2c1)NC(=O)C1CCC(CNC(=O)CCCCCNC(=S)Nc2ccc3c(c2)C(=O)OC32c3ccc(O)cc3Oc3cc(O)ccc32)CC1)C(=O)O)C(=O)O. The van der Waals surface area contributed by atoms with Gasteiger partial charge in [0.1, 0.15) is 41.1 Å². The Kier molecular flexibility index (Phi) is 20.0. The number of hydrogen-bond donors (Lipinski definition) is 12. The van der Waals surface area contributed by atoms with Gasteiger partial charge in [0.05, 0.1) is 5.56 Å². The summed E-state index contributed by atoms with van der Waals surface area (Å²) in [6.07, 6.45) is 4.92. The molecule has 12 N–H and O–H groups in total. The van der Waals surface area contributed by atoms with Gasteiger partial charge in [0.2, 0.25) is 17.7 Å². The van der Waals surface area contributed by atoms with Crippen molar-refractivity contribution in [1.29, 1.82) is 0 Å². The van der Waals surface area contributed by atoms with Crippen molar-refractivity contribution in [1.82, 2.24) is 31.9 Å². The van der Waals surface area contributed by atoms with Crippen LogP contribution in [0.15, 0.2) is 97.1 Å². The minimum Gasteiger partial charge on any atom is -0.508 e. The summed E-state index contributed by atoms with van der Waals surface area (Å²) in [7, 11) is 0. The zero-order valence-electron chi connectivity index (χ0n) is 45.4. The molecule has 8 rings (SSSR count). The number of ether oxygens (including phenoxy) is 2. The predicted octanol–water partition coefficient (Wildman–Crippen LogP) is 6.67. The largest absolute Gasteiger partial charge is 0.508 e. The summed E-state index contributed by atoms with van der Waals surface area (Å²) in [5.41, 5.74) is 1.94. The highest BCUT2D eigenvalue weighted by molar-refractivity contribution is 7.80. The number of fused-ring (bicyclic) bond motifs is 7. The molecule has 0 unspecified atom stereocenters. The summed E-state index contributed by atoms with van der Waals surface area (Å²) in [5, 5.41) is 70.2. The molecule has 0 radical (unpaired) electrons. The van der Waals surface area contributed by atoms with Crippen molar-refractivity contribution in [2.75, 3.05) is 25.0 Å². The van der Waals surface area contributed by atoms with Crippen LogP contribution in [0.25, 0.3) is 10.8 Å². The third kappa shape index (κ3) is 15.5. The smallest absolute Gasteiger partial charge is 0.340 e. The van der Waals surface area contributed by atoms with Gasteiger partial charge in [0.25, 0.3) is 0 Å². The first-order valence-corrected chi connectivity index (χ1v) is 28.1. The number of urea groups is 1. The van der Waals surface area contributed by atoms with Crippen molar-refractivity contribution in [3.63, 3.8) is 0 Å². The molecule has 0 bridgehead atoms. The normalized spacial score (nSPS) is 16.5. The molecule has 5 aromatic carbocycles. The number of benzene rings is 5. The molecule has 1 aliphatic carbocycles. The number of aliphatic carboxylic acids is 3. The van der Waals surface area contributed by atoms with E-state index in [-0.39, 0.29) is 72.5 Å². The van der Waals surface area contributed by atoms with E-state index in [4.69, 9.17) is 26.8 Å². The van der Waals surface area contributed by atoms with Crippen molar-refractivity contribution in [2.24, 2.45) is 11.8 Å². The first kappa shape index (κ1) is 60.1. The molecule has 83 heavy (non-hydrogen) atoms. The maximum atomic E-state index is 13.8. The van der Waals surface area contributed by atoms with Gasteiger partial charge < -0.3 is 72.2 Å². The average molecular weight is 1160 g/mol. The molecule has 22 nitrogen and oxygen atoms in total. The lowest BCUT2D eigenvalue weighted by Crippen LogP contribution is -2.51. The summed E-state index contributed by atoms with van der Waals surface area (Å²) in [6.45, 7) is 1.17. The Labute approximate surface area is 483 Å². The standard InChI is InChI=1S/C60H67N7O15S/c68-40-19-22-44-49(31-40)81-50-32-41(69)20-23-45(50)60(44)43-21-18-39(30-42(43)57(79)82-60)64-59(83)62-27-6-1-2-11-51(70)63-33-34-12-16-37(17-13-34)53(73)65-48(29-35-14-15-36-8-3-4-9-38(36)28-35)54(74)61-26-7-5-10-46(55(75)76)66-58(80)67-47(56(77)78)24-25-52(71)72/h3-4,8-9,14-15,18-23,28,30-32,34,37,46-48,68-69H,1-2,5-7,10-13,16-17,24-27,29,33H2,(H,61,74)(H,63,70)(H,65,73)(H,71,72)(H,75,76)(H,77,78)(H2,62,64,83)(H2,66,67,80)/t34?,37?,46-,47-,48-/m0/s1. The number of carboxylic acids is 3. The zero-order valence-corrected chi connectivity index (χ0v) is 46.2. The molecule has 1 spiro atoms. The Bertz CT molecular complexity index is 3220. The summed E-state index contributed by atoms with van der Waals surface area (Å²) in [6, 6.07) is 23.1. The molecule has 0 saturated heterocycles. The highest BCUT2D eigenvalue weighted by atomic mass is 32.1. The number of carbonyl (C=O) groups excluding carboxylic acids is 5. The lowest BCUT2D eigenvalue weighted by atomic mass is 9.77. The molecule has 438 valence electrons. The lowest BCUT2D eigenvalue weighted by Gasteiger charge is -2.36. The Morgan fingerprint density at radius 2 is 1.27 bits per heavy atom. The summed E-state index contributed by atoms with van der Waals surface area (Å²) < 4.78 is 12.2. The van der Waals surface area contributed by atoms with Gasteiger partial charge in [0.15, 0.2) is 10.7 Å². The van der Waals surface area contributed by atoms with E-state index in [1.165, 1.54) is 24.3 Å². The van der Waals surface area contributed by atoms with E-state index >= 15 is 0 Å². The van der Waals surface area contributed by atoms with Crippen LogP contribution in [0.3, 0.4) is 0 Å². The van der Waals surface area contributed by atoms with Crippen LogP contribution in [-0.2, 0) is 45.5 Å². The molecule has 2 aliphatic heterocycles. The first-order valence-electron chi connectivity index (χ1n) is 27.7. The second-order valence-corrected chi connectivity index (χ2v) is 21.5. The third-order valence-corrected chi connectivity index (χ3v) is 15.4. The van der Waals surface area contributed by atoms with E-state index in [0.29, 0.717) is 91.1 Å². The first-order chi connectivity index (χ1) is 39.9. The highest BCUT2D eigenvalue weighted by Gasteiger charge is 2.54. The van der Waals surface area contributed by atoms with Gasteiger partial charge >= 0.3 is 29.9 Å². The van der Waals surface area contributed by atoms with Gasteiger partial charge in [-0.1, -0.05) is 55.0 Å². The number of carbonyl (C=O) groups is 8. The molecule has 1 fully saturated rings. The number of unbranched alkanes of at least 4 members (excludes halogenated alkanes) is 3. The molecule has 5 aromatic rings. The van der Waals surface area contributed by atoms with Crippen LogP contribution in [0.1, 0.15) is 116 Å². The Morgan fingerprint density at radius 1 is 0.627 bits per heavy atom. The number of phenols is 2. The van der Waals surface area contributed by atoms with Crippen LogP contribution in [0.5, 0.6) is 23.0 Å². The summed E-state index contributed by atoms with van der Waals surface area (Å²) >= 11 is 5.56. The van der Waals surface area contributed by atoms with Gasteiger partial charge in [-0.3, -0.25) is 19.2 Å². The van der Waals surface area contributed by atoms with Crippen LogP contribution < -0.4 is 42.0 Å². The van der Waals surface area contributed by atoms with Crippen LogP contribution in [-0.4, -0.2) is 116 Å². The molecule has 1 saturated carbocycles. The van der Waals surface area contributed by atoms with E-state index in [0.717, 1.165) is 29.2 Å². The van der Waals surface area contributed by atoms with Crippen LogP contribution in [0.2, 0.25) is 0 Å². The topological polar surface area (TPSA) is 340 Å². The number of amides is 5. The fourth-order valence-corrected chi connectivity index (χ4v) is 11.0. The molecule has 23 heteroatoms. The van der Waals surface area contributed by atoms with E-state index in [1.807, 2.05) is 42.5 Å². The fourth-order valence-electron chi connectivity index (χ4n) is 10.8. The third-order valence-electron chi connectivity index (χ3n) is 15.2. The second-order valence-electron chi connectivity index (χ2n) is 21.1. The average Bonchev–Trinajstić information content (AvgIpc) is 1.78. The number of rotatable bonds is 26. The van der Waals surface area contributed by atoms with Crippen molar-refractivity contribution in [3.05, 3.63) is 125 Å². The van der Waals surface area contributed by atoms with E-state index < -0.39 is 72.4 Å². The molecule has 3 atom stereocenters. The lowest BCUT2D eigenvalue weighted by molar-refractivity contribution is -0.141. The number of phenolic OH excluding ortho intramolecular Hbond substituents is 2. The number of hydrogen-bond acceptors (Lipinski definition) is 13. The van der Waals surface area contributed by atoms with E-state index in [1.54, 1.807) is 30.3 Å². The van der Waals surface area contributed by atoms with Crippen LogP contribution >= 0.6 is 12.2 Å². The maximum absolute atomic E-state index is 13.8. The van der Waals surface area contributed by atoms with Gasteiger partial charge in [-0.25, -0.2) is 19.2 Å². The Balaban J connectivity index is 0.733. The fraction of sp³-hybridized carbons (Fsp3) is 0.383. The Morgan fingerprint density at radius 3 is 1.94 bits per heavy atom. The Hall–Kier alpha value is -8.99. The van der Waals surface area contributed by atoms with Crippen LogP contribution in [0, 0.1) is 11.8 Å². The minimum absolute atomic E-state index is 0.0378. The van der Waals surface area contributed by atoms with Crippen molar-refractivity contribution in [2.45, 2.75) is 114 Å². The van der Waals surface area contributed by atoms with Crippen molar-refractivity contribution < 1.29 is 73.4 Å². The number of thiocarbonyl (C=S) groups is 1. The summed E-state index contributed by atoms with van der Waals surface area (Å²) in [5.74, 6) is -5.04.